The van der Waals surface area contributed by atoms with Gasteiger partial charge in [0.1, 0.15) is 5.75 Å². The predicted molar refractivity (Wildman–Crippen MR) is 79.8 cm³/mol. The van der Waals surface area contributed by atoms with Gasteiger partial charge in [-0.25, -0.2) is 0 Å². The summed E-state index contributed by atoms with van der Waals surface area (Å²) in [6.07, 6.45) is 0. The van der Waals surface area contributed by atoms with Crippen LogP contribution < -0.4 is 10.1 Å². The minimum atomic E-state index is 0.0557. The first-order chi connectivity index (χ1) is 9.39. The Balaban J connectivity index is 2.22. The molecule has 0 bridgehead atoms. The summed E-state index contributed by atoms with van der Waals surface area (Å²) < 4.78 is 10.8. The van der Waals surface area contributed by atoms with Gasteiger partial charge in [-0.1, -0.05) is 16.8 Å². The zero-order valence-electron chi connectivity index (χ0n) is 12.8. The molecule has 0 spiro atoms. The lowest BCUT2D eigenvalue weighted by Gasteiger charge is -2.19. The van der Waals surface area contributed by atoms with Gasteiger partial charge in [0.15, 0.2) is 5.76 Å². The zero-order chi connectivity index (χ0) is 14.8. The standard InChI is InChI=1S/C16H22N2O2/c1-11-6-7-14(19-5)13(8-11)15-9-12(18-20-15)10-17-16(2,3)4/h6-9,17H,10H2,1-5H3. The average Bonchev–Trinajstić information content (AvgIpc) is 2.84. The Bertz CT molecular complexity index is 582. The lowest BCUT2D eigenvalue weighted by molar-refractivity contribution is 0.388. The maximum atomic E-state index is 5.44. The summed E-state index contributed by atoms with van der Waals surface area (Å²) in [5, 5.41) is 7.50. The van der Waals surface area contributed by atoms with Gasteiger partial charge in [0.05, 0.1) is 18.4 Å². The minimum absolute atomic E-state index is 0.0557. The van der Waals surface area contributed by atoms with Gasteiger partial charge in [0.25, 0.3) is 0 Å². The number of hydrogen-bond acceptors (Lipinski definition) is 4. The van der Waals surface area contributed by atoms with Gasteiger partial charge in [-0.2, -0.15) is 0 Å². The lowest BCUT2D eigenvalue weighted by atomic mass is 10.1. The predicted octanol–water partition coefficient (Wildman–Crippen LogP) is 3.55. The molecular formula is C16H22N2O2. The monoisotopic (exact) mass is 274 g/mol. The van der Waals surface area contributed by atoms with Crippen molar-refractivity contribution < 1.29 is 9.26 Å². The van der Waals surface area contributed by atoms with E-state index in [1.54, 1.807) is 7.11 Å². The Labute approximate surface area is 120 Å². The van der Waals surface area contributed by atoms with Crippen molar-refractivity contribution in [1.82, 2.24) is 10.5 Å². The van der Waals surface area contributed by atoms with Crippen LogP contribution in [0.3, 0.4) is 0 Å². The molecule has 2 aromatic rings. The molecule has 1 N–H and O–H groups in total. The number of benzene rings is 1. The van der Waals surface area contributed by atoms with Crippen molar-refractivity contribution in [2.45, 2.75) is 39.8 Å². The summed E-state index contributed by atoms with van der Waals surface area (Å²) in [6, 6.07) is 7.96. The molecule has 1 aromatic carbocycles. The van der Waals surface area contributed by atoms with Crippen LogP contribution in [0.4, 0.5) is 0 Å². The van der Waals surface area contributed by atoms with E-state index in [0.29, 0.717) is 6.54 Å². The van der Waals surface area contributed by atoms with Crippen LogP contribution in [0.5, 0.6) is 5.75 Å². The van der Waals surface area contributed by atoms with Crippen LogP contribution in [0.1, 0.15) is 32.0 Å². The van der Waals surface area contributed by atoms with Gasteiger partial charge in [-0.3, -0.25) is 0 Å². The number of aromatic nitrogens is 1. The fourth-order valence-corrected chi connectivity index (χ4v) is 1.89. The molecule has 108 valence electrons. The fourth-order valence-electron chi connectivity index (χ4n) is 1.89. The zero-order valence-corrected chi connectivity index (χ0v) is 12.8. The summed E-state index contributed by atoms with van der Waals surface area (Å²) in [5.74, 6) is 1.53. The van der Waals surface area contributed by atoms with Crippen LogP contribution in [-0.4, -0.2) is 17.8 Å². The number of aryl methyl sites for hydroxylation is 1. The average molecular weight is 274 g/mol. The summed E-state index contributed by atoms with van der Waals surface area (Å²) in [4.78, 5) is 0. The topological polar surface area (TPSA) is 47.3 Å². The highest BCUT2D eigenvalue weighted by Gasteiger charge is 2.14. The van der Waals surface area contributed by atoms with Crippen LogP contribution in [0.2, 0.25) is 0 Å². The third kappa shape index (κ3) is 3.61. The summed E-state index contributed by atoms with van der Waals surface area (Å²) >= 11 is 0. The number of rotatable bonds is 4. The van der Waals surface area contributed by atoms with Gasteiger partial charge >= 0.3 is 0 Å². The van der Waals surface area contributed by atoms with E-state index in [0.717, 1.165) is 28.3 Å². The molecule has 4 heteroatoms. The Hall–Kier alpha value is -1.81. The van der Waals surface area contributed by atoms with Crippen LogP contribution in [0.15, 0.2) is 28.8 Å². The molecule has 0 aliphatic heterocycles. The quantitative estimate of drug-likeness (QED) is 0.926. The van der Waals surface area contributed by atoms with Gasteiger partial charge < -0.3 is 14.6 Å². The molecule has 20 heavy (non-hydrogen) atoms. The molecule has 4 nitrogen and oxygen atoms in total. The third-order valence-electron chi connectivity index (χ3n) is 2.98. The van der Waals surface area contributed by atoms with Crippen LogP contribution in [-0.2, 0) is 6.54 Å². The van der Waals surface area contributed by atoms with Crippen molar-refractivity contribution in [2.24, 2.45) is 0 Å². The van der Waals surface area contributed by atoms with Crippen LogP contribution in [0, 0.1) is 6.92 Å². The molecule has 1 heterocycles. The van der Waals surface area contributed by atoms with Crippen LogP contribution >= 0.6 is 0 Å². The fraction of sp³-hybridized carbons (Fsp3) is 0.438. The number of ether oxygens (including phenoxy) is 1. The highest BCUT2D eigenvalue weighted by molar-refractivity contribution is 5.66. The Morgan fingerprint density at radius 2 is 2.00 bits per heavy atom. The summed E-state index contributed by atoms with van der Waals surface area (Å²) in [6.45, 7) is 9.09. The van der Waals surface area contributed by atoms with E-state index in [4.69, 9.17) is 9.26 Å². The number of nitrogens with zero attached hydrogens (tertiary/aromatic N) is 1. The first-order valence-corrected chi connectivity index (χ1v) is 6.75. The van der Waals surface area contributed by atoms with Crippen molar-refractivity contribution in [3.05, 3.63) is 35.5 Å². The minimum Gasteiger partial charge on any atom is -0.496 e. The number of hydrogen-bond donors (Lipinski definition) is 1. The Kier molecular flexibility index (Phi) is 4.14. The molecule has 0 saturated carbocycles. The first kappa shape index (κ1) is 14.6. The smallest absolute Gasteiger partial charge is 0.170 e. The van der Waals surface area contributed by atoms with Crippen LogP contribution in [0.25, 0.3) is 11.3 Å². The van der Waals surface area contributed by atoms with Gasteiger partial charge in [-0.15, -0.1) is 0 Å². The van der Waals surface area contributed by atoms with E-state index in [9.17, 15) is 0 Å². The SMILES string of the molecule is COc1ccc(C)cc1-c1cc(CNC(C)(C)C)no1. The number of nitrogens with one attached hydrogen (secondary N) is 1. The summed E-state index contributed by atoms with van der Waals surface area (Å²) in [7, 11) is 1.66. The first-order valence-electron chi connectivity index (χ1n) is 6.75. The molecule has 0 atom stereocenters. The van der Waals surface area contributed by atoms with E-state index >= 15 is 0 Å². The van der Waals surface area contributed by atoms with E-state index in [-0.39, 0.29) is 5.54 Å². The van der Waals surface area contributed by atoms with Crippen molar-refractivity contribution in [3.63, 3.8) is 0 Å². The highest BCUT2D eigenvalue weighted by atomic mass is 16.5. The normalized spacial score (nSPS) is 11.7. The van der Waals surface area contributed by atoms with Crippen molar-refractivity contribution in [1.29, 1.82) is 0 Å². The molecule has 0 aliphatic carbocycles. The van der Waals surface area contributed by atoms with E-state index in [2.05, 4.69) is 31.2 Å². The largest absolute Gasteiger partial charge is 0.496 e. The molecule has 1 aromatic heterocycles. The third-order valence-corrected chi connectivity index (χ3v) is 2.98. The lowest BCUT2D eigenvalue weighted by Crippen LogP contribution is -2.35. The van der Waals surface area contributed by atoms with E-state index in [1.807, 2.05) is 31.2 Å². The maximum absolute atomic E-state index is 5.44. The van der Waals surface area contributed by atoms with Crippen molar-refractivity contribution in [2.75, 3.05) is 7.11 Å². The Morgan fingerprint density at radius 3 is 2.65 bits per heavy atom. The van der Waals surface area contributed by atoms with Gasteiger partial charge in [0.2, 0.25) is 0 Å². The van der Waals surface area contributed by atoms with Gasteiger partial charge in [-0.05, 0) is 39.8 Å². The Morgan fingerprint density at radius 1 is 1.25 bits per heavy atom. The highest BCUT2D eigenvalue weighted by Crippen LogP contribution is 2.31. The maximum Gasteiger partial charge on any atom is 0.170 e. The molecule has 0 radical (unpaired) electrons. The van der Waals surface area contributed by atoms with Crippen molar-refractivity contribution >= 4 is 0 Å². The second kappa shape index (κ2) is 5.67. The molecule has 2 rings (SSSR count). The molecule has 0 saturated heterocycles. The van der Waals surface area contributed by atoms with Gasteiger partial charge in [0, 0.05) is 18.2 Å². The molecule has 0 unspecified atom stereocenters. The second-order valence-corrected chi connectivity index (χ2v) is 5.99. The van der Waals surface area contributed by atoms with E-state index < -0.39 is 0 Å². The van der Waals surface area contributed by atoms with Crippen molar-refractivity contribution in [3.8, 4) is 17.1 Å². The number of methoxy groups -OCH3 is 1. The molecular weight excluding hydrogens is 252 g/mol. The molecule has 0 amide bonds. The second-order valence-electron chi connectivity index (χ2n) is 5.99. The molecule has 0 fully saturated rings. The van der Waals surface area contributed by atoms with E-state index in [1.165, 1.54) is 0 Å². The molecule has 0 aliphatic rings. The summed E-state index contributed by atoms with van der Waals surface area (Å²) in [5.41, 5.74) is 3.03.